The van der Waals surface area contributed by atoms with Crippen molar-refractivity contribution in [3.8, 4) is 0 Å². The van der Waals surface area contributed by atoms with Crippen LogP contribution >= 0.6 is 0 Å². The first-order valence-electron chi connectivity index (χ1n) is 8.79. The van der Waals surface area contributed by atoms with Crippen LogP contribution < -0.4 is 4.90 Å². The number of hydrogen-bond acceptors (Lipinski definition) is 4. The van der Waals surface area contributed by atoms with Crippen molar-refractivity contribution >= 4 is 14.1 Å². The second kappa shape index (κ2) is 7.05. The van der Waals surface area contributed by atoms with E-state index in [1.54, 1.807) is 0 Å². The van der Waals surface area contributed by atoms with Crippen molar-refractivity contribution in [2.45, 2.75) is 44.9 Å². The van der Waals surface area contributed by atoms with Crippen LogP contribution in [0, 0.1) is 0 Å². The summed E-state index contributed by atoms with van der Waals surface area (Å²) < 4.78 is 6.15. The molecule has 2 heterocycles. The van der Waals surface area contributed by atoms with Gasteiger partial charge in [0.15, 0.2) is 0 Å². The van der Waals surface area contributed by atoms with Crippen molar-refractivity contribution in [1.29, 1.82) is 0 Å². The minimum absolute atomic E-state index is 0.690. The number of nitrogens with zero attached hydrogens (tertiary/aromatic N) is 3. The highest BCUT2D eigenvalue weighted by atomic mass is 28.4. The van der Waals surface area contributed by atoms with Gasteiger partial charge in [-0.25, -0.2) is 4.98 Å². The molecule has 0 aromatic carbocycles. The molecule has 0 amide bonds. The average Bonchev–Trinajstić information content (AvgIpc) is 2.55. The molecular formula is C18H29N3OSi. The normalized spacial score (nSPS) is 23.5. The summed E-state index contributed by atoms with van der Waals surface area (Å²) in [6.07, 6.45) is 7.71. The Kier molecular flexibility index (Phi) is 5.07. The van der Waals surface area contributed by atoms with Crippen LogP contribution in [0.25, 0.3) is 0 Å². The van der Waals surface area contributed by atoms with Crippen LogP contribution in [0.4, 0.5) is 5.82 Å². The molecule has 1 aromatic heterocycles. The van der Waals surface area contributed by atoms with Gasteiger partial charge < -0.3 is 9.33 Å². The molecule has 4 nitrogen and oxygen atoms in total. The number of allylic oxidation sites excluding steroid dienone is 1. The van der Waals surface area contributed by atoms with Gasteiger partial charge in [0, 0.05) is 44.8 Å². The molecule has 2 aliphatic rings. The SMILES string of the molecule is C[Si](C)(C)OC1=CCC(N2CCN(c3ccccn3)CC2)CC1. The third-order valence-corrected chi connectivity index (χ3v) is 5.46. The summed E-state index contributed by atoms with van der Waals surface area (Å²) >= 11 is 0. The van der Waals surface area contributed by atoms with E-state index < -0.39 is 8.32 Å². The standard InChI is InChI=1S/C18H29N3OSi/c1-23(2,3)22-17-9-7-16(8-10-17)20-12-14-21(15-13-20)18-6-4-5-11-19-18/h4-6,9,11,16H,7-8,10,12-15H2,1-3H3. The molecule has 23 heavy (non-hydrogen) atoms. The fourth-order valence-electron chi connectivity index (χ4n) is 3.47. The van der Waals surface area contributed by atoms with Gasteiger partial charge in [0.1, 0.15) is 5.82 Å². The molecule has 1 aliphatic carbocycles. The molecule has 5 heteroatoms. The molecular weight excluding hydrogens is 302 g/mol. The average molecular weight is 332 g/mol. The van der Waals surface area contributed by atoms with Gasteiger partial charge >= 0.3 is 0 Å². The Hall–Kier alpha value is -1.33. The zero-order valence-electron chi connectivity index (χ0n) is 14.7. The first-order chi connectivity index (χ1) is 11.0. The zero-order chi connectivity index (χ0) is 16.3. The number of pyridine rings is 1. The number of anilines is 1. The van der Waals surface area contributed by atoms with Crippen molar-refractivity contribution in [2.75, 3.05) is 31.1 Å². The van der Waals surface area contributed by atoms with Gasteiger partial charge in [-0.05, 0) is 50.7 Å². The first-order valence-corrected chi connectivity index (χ1v) is 12.2. The van der Waals surface area contributed by atoms with Gasteiger partial charge in [-0.3, -0.25) is 4.90 Å². The highest BCUT2D eigenvalue weighted by molar-refractivity contribution is 6.70. The molecule has 1 aliphatic heterocycles. The predicted octanol–water partition coefficient (Wildman–Crippen LogP) is 3.49. The van der Waals surface area contributed by atoms with E-state index >= 15 is 0 Å². The first kappa shape index (κ1) is 16.5. The quantitative estimate of drug-likeness (QED) is 0.790. The molecule has 1 saturated heterocycles. The van der Waals surface area contributed by atoms with E-state index in [2.05, 4.69) is 52.6 Å². The second-order valence-corrected chi connectivity index (χ2v) is 12.0. The van der Waals surface area contributed by atoms with E-state index in [-0.39, 0.29) is 0 Å². The molecule has 126 valence electrons. The van der Waals surface area contributed by atoms with E-state index in [1.165, 1.54) is 12.2 Å². The number of hydrogen-bond donors (Lipinski definition) is 0. The fraction of sp³-hybridized carbons (Fsp3) is 0.611. The molecule has 0 spiro atoms. The minimum Gasteiger partial charge on any atom is -0.548 e. The minimum atomic E-state index is -1.45. The lowest BCUT2D eigenvalue weighted by molar-refractivity contribution is 0.165. The Morgan fingerprint density at radius 2 is 1.91 bits per heavy atom. The lowest BCUT2D eigenvalue weighted by Gasteiger charge is -2.41. The van der Waals surface area contributed by atoms with Crippen LogP contribution in [0.15, 0.2) is 36.2 Å². The van der Waals surface area contributed by atoms with Crippen LogP contribution in [0.2, 0.25) is 19.6 Å². The van der Waals surface area contributed by atoms with E-state index in [9.17, 15) is 0 Å². The summed E-state index contributed by atoms with van der Waals surface area (Å²) in [5.74, 6) is 2.36. The van der Waals surface area contributed by atoms with Crippen LogP contribution in [-0.2, 0) is 4.43 Å². The van der Waals surface area contributed by atoms with E-state index in [4.69, 9.17) is 4.43 Å². The van der Waals surface area contributed by atoms with Gasteiger partial charge in [0.25, 0.3) is 0 Å². The van der Waals surface area contributed by atoms with Crippen molar-refractivity contribution in [1.82, 2.24) is 9.88 Å². The second-order valence-electron chi connectivity index (χ2n) is 7.52. The molecule has 1 fully saturated rings. The Morgan fingerprint density at radius 1 is 1.13 bits per heavy atom. The third kappa shape index (κ3) is 4.58. The Labute approximate surface area is 141 Å². The fourth-order valence-corrected chi connectivity index (χ4v) is 4.44. The molecule has 3 rings (SSSR count). The molecule has 1 atom stereocenters. The highest BCUT2D eigenvalue weighted by Crippen LogP contribution is 2.26. The van der Waals surface area contributed by atoms with Crippen molar-refractivity contribution < 1.29 is 4.43 Å². The molecule has 1 aromatic rings. The Bertz CT molecular complexity index is 533. The smallest absolute Gasteiger partial charge is 0.241 e. The van der Waals surface area contributed by atoms with Crippen molar-refractivity contribution in [3.63, 3.8) is 0 Å². The molecule has 0 radical (unpaired) electrons. The lowest BCUT2D eigenvalue weighted by Crippen LogP contribution is -2.51. The Morgan fingerprint density at radius 3 is 2.48 bits per heavy atom. The summed E-state index contributed by atoms with van der Waals surface area (Å²) in [4.78, 5) is 9.52. The van der Waals surface area contributed by atoms with Crippen LogP contribution in [0.1, 0.15) is 19.3 Å². The lowest BCUT2D eigenvalue weighted by atomic mass is 9.98. The van der Waals surface area contributed by atoms with Gasteiger partial charge in [0.05, 0.1) is 5.76 Å². The number of rotatable bonds is 4. The van der Waals surface area contributed by atoms with Gasteiger partial charge in [0.2, 0.25) is 8.32 Å². The third-order valence-electron chi connectivity index (χ3n) is 4.58. The maximum atomic E-state index is 6.15. The van der Waals surface area contributed by atoms with Gasteiger partial charge in [-0.1, -0.05) is 6.07 Å². The summed E-state index contributed by atoms with van der Waals surface area (Å²) in [5.41, 5.74) is 0. The predicted molar refractivity (Wildman–Crippen MR) is 98.2 cm³/mol. The van der Waals surface area contributed by atoms with Crippen LogP contribution in [0.5, 0.6) is 0 Å². The van der Waals surface area contributed by atoms with Crippen molar-refractivity contribution in [2.24, 2.45) is 0 Å². The summed E-state index contributed by atoms with van der Waals surface area (Å²) in [5, 5.41) is 0. The topological polar surface area (TPSA) is 28.6 Å². The summed E-state index contributed by atoms with van der Waals surface area (Å²) in [6.45, 7) is 11.2. The maximum Gasteiger partial charge on any atom is 0.241 e. The van der Waals surface area contributed by atoms with Crippen molar-refractivity contribution in [3.05, 3.63) is 36.2 Å². The number of aromatic nitrogens is 1. The highest BCUT2D eigenvalue weighted by Gasteiger charge is 2.27. The van der Waals surface area contributed by atoms with E-state index in [1.807, 2.05) is 12.3 Å². The molecule has 0 N–H and O–H groups in total. The number of piperazine rings is 1. The summed E-state index contributed by atoms with van der Waals surface area (Å²) in [7, 11) is -1.45. The molecule has 1 unspecified atom stereocenters. The maximum absolute atomic E-state index is 6.15. The molecule has 0 bridgehead atoms. The largest absolute Gasteiger partial charge is 0.548 e. The monoisotopic (exact) mass is 331 g/mol. The summed E-state index contributed by atoms with van der Waals surface area (Å²) in [6, 6.07) is 6.85. The van der Waals surface area contributed by atoms with Gasteiger partial charge in [-0.2, -0.15) is 0 Å². The van der Waals surface area contributed by atoms with E-state index in [0.29, 0.717) is 6.04 Å². The van der Waals surface area contributed by atoms with Crippen LogP contribution in [-0.4, -0.2) is 50.4 Å². The van der Waals surface area contributed by atoms with E-state index in [0.717, 1.165) is 44.8 Å². The van der Waals surface area contributed by atoms with Gasteiger partial charge in [-0.15, -0.1) is 0 Å². The Balaban J connectivity index is 1.49. The zero-order valence-corrected chi connectivity index (χ0v) is 15.7. The van der Waals surface area contributed by atoms with Crippen LogP contribution in [0.3, 0.4) is 0 Å². The molecule has 0 saturated carbocycles.